The zero-order valence-electron chi connectivity index (χ0n) is 24.6. The van der Waals surface area contributed by atoms with Crippen LogP contribution in [0.1, 0.15) is 36.8 Å². The predicted octanol–water partition coefficient (Wildman–Crippen LogP) is 5.90. The maximum Gasteiger partial charge on any atom is 0.310 e. The van der Waals surface area contributed by atoms with E-state index in [2.05, 4.69) is 20.9 Å². The number of nitrogens with zero attached hydrogens (tertiary/aromatic N) is 2. The highest BCUT2D eigenvalue weighted by Crippen LogP contribution is 2.30. The number of aryl methyl sites for hydroxylation is 1. The molecule has 0 unspecified atom stereocenters. The minimum Gasteiger partial charge on any atom is -0.384 e. The van der Waals surface area contributed by atoms with E-state index in [-0.39, 0.29) is 5.91 Å². The van der Waals surface area contributed by atoms with E-state index in [1.165, 1.54) is 0 Å². The number of amides is 3. The smallest absolute Gasteiger partial charge is 0.310 e. The Kier molecular flexibility index (Phi) is 10.2. The van der Waals surface area contributed by atoms with Gasteiger partial charge in [0.25, 0.3) is 5.91 Å². The summed E-state index contributed by atoms with van der Waals surface area (Å²) in [6.45, 7) is 3.18. The number of hydrogen-bond acceptors (Lipinski definition) is 5. The van der Waals surface area contributed by atoms with E-state index < -0.39 is 23.9 Å². The molecule has 2 atom stereocenters. The first-order chi connectivity index (χ1) is 21.4. The van der Waals surface area contributed by atoms with Gasteiger partial charge in [-0.25, -0.2) is 0 Å². The molecule has 4 aromatic rings. The van der Waals surface area contributed by atoms with Gasteiger partial charge in [0, 0.05) is 41.1 Å². The molecule has 0 radical (unpaired) electrons. The molecule has 9 heteroatoms. The molecule has 226 valence electrons. The molecule has 3 N–H and O–H groups in total. The first-order valence-electron chi connectivity index (χ1n) is 14.9. The molecule has 1 aliphatic heterocycles. The largest absolute Gasteiger partial charge is 0.384 e. The van der Waals surface area contributed by atoms with Crippen molar-refractivity contribution in [2.75, 3.05) is 23.3 Å². The van der Waals surface area contributed by atoms with Crippen molar-refractivity contribution in [2.24, 2.45) is 0 Å². The summed E-state index contributed by atoms with van der Waals surface area (Å²) in [6.07, 6.45) is 9.18. The summed E-state index contributed by atoms with van der Waals surface area (Å²) in [5, 5.41) is 10.5. The van der Waals surface area contributed by atoms with Crippen LogP contribution in [0.4, 0.5) is 11.4 Å². The van der Waals surface area contributed by atoms with Crippen molar-refractivity contribution >= 4 is 57.7 Å². The van der Waals surface area contributed by atoms with Crippen LogP contribution in [0.25, 0.3) is 17.0 Å². The fourth-order valence-electron chi connectivity index (χ4n) is 5.22. The molecule has 1 fully saturated rings. The van der Waals surface area contributed by atoms with Crippen LogP contribution in [-0.4, -0.2) is 47.9 Å². The number of pyridine rings is 1. The lowest BCUT2D eigenvalue weighted by molar-refractivity contribution is -0.141. The SMILES string of the molecule is Cc1ccc(N2C(=O)[C@@H](NC(=O)C(=O)NCCCCCCNc3ccnc4cc(Cl)ccc34)[C@H]2/C=C/c2ccccc2)cc1. The van der Waals surface area contributed by atoms with Crippen molar-refractivity contribution < 1.29 is 14.4 Å². The minimum atomic E-state index is -0.823. The van der Waals surface area contributed by atoms with Crippen LogP contribution >= 0.6 is 11.6 Å². The fourth-order valence-corrected chi connectivity index (χ4v) is 5.39. The van der Waals surface area contributed by atoms with Crippen molar-refractivity contribution in [3.8, 4) is 0 Å². The van der Waals surface area contributed by atoms with Gasteiger partial charge in [-0.2, -0.15) is 0 Å². The van der Waals surface area contributed by atoms with Crippen molar-refractivity contribution in [3.63, 3.8) is 0 Å². The first-order valence-corrected chi connectivity index (χ1v) is 15.3. The lowest BCUT2D eigenvalue weighted by Crippen LogP contribution is -2.71. The van der Waals surface area contributed by atoms with Gasteiger partial charge in [-0.05, 0) is 61.7 Å². The number of carbonyl (C=O) groups is 3. The number of hydrogen-bond donors (Lipinski definition) is 3. The highest BCUT2D eigenvalue weighted by atomic mass is 35.5. The molecule has 1 aliphatic rings. The van der Waals surface area contributed by atoms with Crippen molar-refractivity contribution in [2.45, 2.75) is 44.7 Å². The normalized spacial score (nSPS) is 16.1. The average molecular weight is 610 g/mol. The monoisotopic (exact) mass is 609 g/mol. The highest BCUT2D eigenvalue weighted by molar-refractivity contribution is 6.36. The summed E-state index contributed by atoms with van der Waals surface area (Å²) in [7, 11) is 0. The number of fused-ring (bicyclic) bond motifs is 1. The third-order valence-corrected chi connectivity index (χ3v) is 7.88. The van der Waals surface area contributed by atoms with Gasteiger partial charge in [0.05, 0.1) is 11.6 Å². The zero-order valence-corrected chi connectivity index (χ0v) is 25.4. The Balaban J connectivity index is 1.05. The van der Waals surface area contributed by atoms with E-state index >= 15 is 0 Å². The van der Waals surface area contributed by atoms with Crippen LogP contribution in [0.3, 0.4) is 0 Å². The molecule has 1 aromatic heterocycles. The van der Waals surface area contributed by atoms with E-state index in [0.717, 1.165) is 65.6 Å². The molecule has 5 rings (SSSR count). The van der Waals surface area contributed by atoms with E-state index in [0.29, 0.717) is 11.6 Å². The summed E-state index contributed by atoms with van der Waals surface area (Å²) in [4.78, 5) is 44.4. The molecular formula is C35H36ClN5O3. The maximum absolute atomic E-state index is 13.1. The molecule has 1 saturated heterocycles. The van der Waals surface area contributed by atoms with Crippen LogP contribution in [-0.2, 0) is 14.4 Å². The van der Waals surface area contributed by atoms with Gasteiger partial charge in [0.15, 0.2) is 0 Å². The highest BCUT2D eigenvalue weighted by Gasteiger charge is 2.48. The molecule has 3 amide bonds. The summed E-state index contributed by atoms with van der Waals surface area (Å²) in [5.74, 6) is -1.79. The lowest BCUT2D eigenvalue weighted by Gasteiger charge is -2.45. The number of halogens is 1. The number of benzene rings is 3. The lowest BCUT2D eigenvalue weighted by atomic mass is 9.92. The molecule has 0 bridgehead atoms. The molecular weight excluding hydrogens is 574 g/mol. The van der Waals surface area contributed by atoms with Crippen LogP contribution < -0.4 is 20.9 Å². The van der Waals surface area contributed by atoms with Crippen molar-refractivity contribution in [3.05, 3.63) is 107 Å². The number of carbonyl (C=O) groups excluding carboxylic acids is 3. The van der Waals surface area contributed by atoms with Gasteiger partial charge in [0.2, 0.25) is 0 Å². The van der Waals surface area contributed by atoms with Crippen molar-refractivity contribution in [1.29, 1.82) is 0 Å². The number of β-lactam (4-membered cyclic amide) rings is 1. The Labute approximate surface area is 262 Å². The van der Waals surface area contributed by atoms with Crippen LogP contribution in [0.15, 0.2) is 91.1 Å². The fraction of sp³-hybridized carbons (Fsp3) is 0.257. The summed E-state index contributed by atoms with van der Waals surface area (Å²) in [5.41, 5.74) is 4.68. The van der Waals surface area contributed by atoms with Crippen LogP contribution in [0.5, 0.6) is 0 Å². The molecule has 8 nitrogen and oxygen atoms in total. The summed E-state index contributed by atoms with van der Waals surface area (Å²) >= 11 is 6.07. The second-order valence-corrected chi connectivity index (χ2v) is 11.3. The Morgan fingerprint density at radius 3 is 2.43 bits per heavy atom. The predicted molar refractivity (Wildman–Crippen MR) is 177 cm³/mol. The molecule has 44 heavy (non-hydrogen) atoms. The number of aromatic nitrogens is 1. The number of nitrogens with one attached hydrogen (secondary N) is 3. The minimum absolute atomic E-state index is 0.255. The Bertz CT molecular complexity index is 1640. The van der Waals surface area contributed by atoms with Crippen LogP contribution in [0.2, 0.25) is 5.02 Å². The van der Waals surface area contributed by atoms with Gasteiger partial charge in [-0.3, -0.25) is 19.4 Å². The molecule has 3 aromatic carbocycles. The Hall–Kier alpha value is -4.69. The zero-order chi connectivity index (χ0) is 30.9. The van der Waals surface area contributed by atoms with Gasteiger partial charge < -0.3 is 20.9 Å². The molecule has 0 saturated carbocycles. The number of anilines is 2. The van der Waals surface area contributed by atoms with E-state index in [4.69, 9.17) is 11.6 Å². The van der Waals surface area contributed by atoms with Gasteiger partial charge in [-0.15, -0.1) is 0 Å². The topological polar surface area (TPSA) is 103 Å². The quantitative estimate of drug-likeness (QED) is 0.105. The third kappa shape index (κ3) is 7.63. The Morgan fingerprint density at radius 2 is 1.66 bits per heavy atom. The molecule has 0 spiro atoms. The van der Waals surface area contributed by atoms with E-state index in [1.807, 2.05) is 97.9 Å². The van der Waals surface area contributed by atoms with Crippen LogP contribution in [0, 0.1) is 6.92 Å². The van der Waals surface area contributed by atoms with E-state index in [1.54, 1.807) is 11.1 Å². The second kappa shape index (κ2) is 14.7. The van der Waals surface area contributed by atoms with Gasteiger partial charge >= 0.3 is 11.8 Å². The summed E-state index contributed by atoms with van der Waals surface area (Å²) < 4.78 is 0. The van der Waals surface area contributed by atoms with E-state index in [9.17, 15) is 14.4 Å². The number of unbranched alkanes of at least 4 members (excludes halogenated alkanes) is 3. The van der Waals surface area contributed by atoms with Crippen molar-refractivity contribution in [1.82, 2.24) is 15.6 Å². The molecule has 2 heterocycles. The maximum atomic E-state index is 13.1. The first kappa shape index (κ1) is 30.8. The third-order valence-electron chi connectivity index (χ3n) is 7.64. The molecule has 0 aliphatic carbocycles. The Morgan fingerprint density at radius 1 is 0.909 bits per heavy atom. The average Bonchev–Trinajstić information content (AvgIpc) is 3.03. The summed E-state index contributed by atoms with van der Waals surface area (Å²) in [6, 6.07) is 23.8. The van der Waals surface area contributed by atoms with Gasteiger partial charge in [-0.1, -0.05) is 84.6 Å². The second-order valence-electron chi connectivity index (χ2n) is 10.9. The van der Waals surface area contributed by atoms with Gasteiger partial charge in [0.1, 0.15) is 6.04 Å². The standard InChI is InChI=1S/C35H36ClN5O3/c1-24-11-15-27(16-12-24)41-31(18-13-25-9-5-4-6-10-25)32(35(41)44)40-34(43)33(42)39-21-8-3-2-7-20-37-29-19-22-38-30-23-26(36)14-17-28(29)30/h4-6,9-19,22-23,31-32H,2-3,7-8,20-21H2,1H3,(H,37,38)(H,39,42)(H,40,43)/b18-13+/t31-,32+/m1/s1. The number of rotatable bonds is 12.